The number of nitrogens with two attached hydrogens (primary N) is 1. The van der Waals surface area contributed by atoms with Crippen molar-refractivity contribution in [2.45, 2.75) is 6.92 Å². The minimum atomic E-state index is -0.580. The molecule has 0 spiro atoms. The van der Waals surface area contributed by atoms with Gasteiger partial charge in [-0.2, -0.15) is 0 Å². The van der Waals surface area contributed by atoms with Crippen LogP contribution >= 0.6 is 15.9 Å². The normalized spacial score (nSPS) is 10.1. The first-order chi connectivity index (χ1) is 9.49. The summed E-state index contributed by atoms with van der Waals surface area (Å²) in [5.74, 6) is -0.880. The fourth-order valence-electron chi connectivity index (χ4n) is 1.80. The Morgan fingerprint density at radius 2 is 1.80 bits per heavy atom. The molecule has 20 heavy (non-hydrogen) atoms. The van der Waals surface area contributed by atoms with Crippen LogP contribution in [0.2, 0.25) is 0 Å². The molecule has 2 aromatic rings. The smallest absolute Gasteiger partial charge is 0.256 e. The van der Waals surface area contributed by atoms with E-state index in [0.717, 1.165) is 5.56 Å². The molecule has 0 saturated carbocycles. The fourth-order valence-corrected chi connectivity index (χ4v) is 2.47. The molecule has 0 bridgehead atoms. The molecule has 2 rings (SSSR count). The second kappa shape index (κ2) is 5.88. The van der Waals surface area contributed by atoms with Gasteiger partial charge >= 0.3 is 0 Å². The van der Waals surface area contributed by atoms with Crippen LogP contribution in [0.1, 0.15) is 26.3 Å². The number of hydrogen-bond acceptors (Lipinski definition) is 2. The monoisotopic (exact) mass is 332 g/mol. The van der Waals surface area contributed by atoms with Gasteiger partial charge < -0.3 is 11.1 Å². The van der Waals surface area contributed by atoms with Crippen molar-refractivity contribution in [3.63, 3.8) is 0 Å². The van der Waals surface area contributed by atoms with Gasteiger partial charge in [0.25, 0.3) is 11.8 Å². The van der Waals surface area contributed by atoms with Crippen LogP contribution < -0.4 is 11.1 Å². The Labute approximate surface area is 125 Å². The van der Waals surface area contributed by atoms with Gasteiger partial charge in [0.05, 0.1) is 16.8 Å². The molecule has 3 N–H and O–H groups in total. The van der Waals surface area contributed by atoms with Gasteiger partial charge in [-0.05, 0) is 52.7 Å². The van der Waals surface area contributed by atoms with Crippen molar-refractivity contribution in [1.82, 2.24) is 0 Å². The summed E-state index contributed by atoms with van der Waals surface area (Å²) < 4.78 is 0.701. The van der Waals surface area contributed by atoms with Gasteiger partial charge in [0.1, 0.15) is 0 Å². The van der Waals surface area contributed by atoms with Crippen LogP contribution in [0.4, 0.5) is 5.69 Å². The number of anilines is 1. The van der Waals surface area contributed by atoms with Gasteiger partial charge in [0.15, 0.2) is 0 Å². The quantitative estimate of drug-likeness (QED) is 0.906. The van der Waals surface area contributed by atoms with Crippen LogP contribution in [0.15, 0.2) is 46.9 Å². The number of carbonyl (C=O) groups excluding carboxylic acids is 2. The molecular formula is C15H13BrN2O2. The minimum absolute atomic E-state index is 0.282. The highest BCUT2D eigenvalue weighted by Crippen LogP contribution is 2.21. The van der Waals surface area contributed by atoms with Crippen LogP contribution in [0.25, 0.3) is 0 Å². The predicted molar refractivity (Wildman–Crippen MR) is 81.8 cm³/mol. The van der Waals surface area contributed by atoms with E-state index < -0.39 is 5.91 Å². The number of nitrogens with one attached hydrogen (secondary N) is 1. The third kappa shape index (κ3) is 3.05. The number of halogens is 1. The molecule has 5 heteroatoms. The Balaban J connectivity index is 2.30. The van der Waals surface area contributed by atoms with E-state index >= 15 is 0 Å². The van der Waals surface area contributed by atoms with E-state index in [2.05, 4.69) is 21.2 Å². The number of benzene rings is 2. The van der Waals surface area contributed by atoms with Crippen LogP contribution in [0, 0.1) is 6.92 Å². The summed E-state index contributed by atoms with van der Waals surface area (Å²) in [6, 6.07) is 12.1. The van der Waals surface area contributed by atoms with Crippen molar-refractivity contribution in [3.8, 4) is 0 Å². The van der Waals surface area contributed by atoms with Gasteiger partial charge in [0, 0.05) is 4.47 Å². The maximum atomic E-state index is 12.2. The molecule has 4 nitrogen and oxygen atoms in total. The van der Waals surface area contributed by atoms with E-state index in [4.69, 9.17) is 5.73 Å². The highest BCUT2D eigenvalue weighted by Gasteiger charge is 2.13. The maximum Gasteiger partial charge on any atom is 0.256 e. The van der Waals surface area contributed by atoms with Crippen molar-refractivity contribution in [2.75, 3.05) is 5.32 Å². The zero-order valence-corrected chi connectivity index (χ0v) is 12.4. The number of rotatable bonds is 3. The van der Waals surface area contributed by atoms with Crippen LogP contribution in [-0.2, 0) is 0 Å². The topological polar surface area (TPSA) is 72.2 Å². The molecule has 0 aliphatic carbocycles. The molecule has 0 unspecified atom stereocenters. The summed E-state index contributed by atoms with van der Waals surface area (Å²) in [5.41, 5.74) is 7.50. The number of carbonyl (C=O) groups is 2. The second-order valence-corrected chi connectivity index (χ2v) is 5.20. The third-order valence-corrected chi connectivity index (χ3v) is 3.47. The Hall–Kier alpha value is -2.14. The number of aryl methyl sites for hydroxylation is 1. The Morgan fingerprint density at radius 3 is 2.45 bits per heavy atom. The third-order valence-electron chi connectivity index (χ3n) is 2.81. The first-order valence-electron chi connectivity index (χ1n) is 5.95. The van der Waals surface area contributed by atoms with E-state index in [0.29, 0.717) is 15.7 Å². The lowest BCUT2D eigenvalue weighted by Crippen LogP contribution is -2.18. The zero-order valence-electron chi connectivity index (χ0n) is 10.8. The summed E-state index contributed by atoms with van der Waals surface area (Å²) >= 11 is 3.36. The van der Waals surface area contributed by atoms with Crippen LogP contribution in [0.3, 0.4) is 0 Å². The van der Waals surface area contributed by atoms with Gasteiger partial charge in [-0.15, -0.1) is 0 Å². The first kappa shape index (κ1) is 14.3. The summed E-state index contributed by atoms with van der Waals surface area (Å²) in [4.78, 5) is 23.5. The average Bonchev–Trinajstić information content (AvgIpc) is 2.38. The maximum absolute atomic E-state index is 12.2. The Bertz CT molecular complexity index is 683. The summed E-state index contributed by atoms with van der Waals surface area (Å²) in [6.07, 6.45) is 0. The SMILES string of the molecule is Cc1ccc(C(=O)Nc2ccccc2C(N)=O)c(Br)c1. The molecule has 2 amide bonds. The van der Waals surface area contributed by atoms with Gasteiger partial charge in [0.2, 0.25) is 0 Å². The summed E-state index contributed by atoms with van der Waals surface area (Å²) in [6.45, 7) is 1.94. The fraction of sp³-hybridized carbons (Fsp3) is 0.0667. The lowest BCUT2D eigenvalue weighted by atomic mass is 10.1. The summed E-state index contributed by atoms with van der Waals surface area (Å²) in [7, 11) is 0. The Morgan fingerprint density at radius 1 is 1.10 bits per heavy atom. The molecule has 2 aromatic carbocycles. The molecule has 0 heterocycles. The van der Waals surface area contributed by atoms with Crippen molar-refractivity contribution in [1.29, 1.82) is 0 Å². The average molecular weight is 333 g/mol. The number of para-hydroxylation sites is 1. The molecule has 102 valence electrons. The molecule has 0 aliphatic heterocycles. The van der Waals surface area contributed by atoms with Gasteiger partial charge in [-0.25, -0.2) is 0 Å². The van der Waals surface area contributed by atoms with Crippen molar-refractivity contribution >= 4 is 33.4 Å². The van der Waals surface area contributed by atoms with E-state index in [1.807, 2.05) is 19.1 Å². The summed E-state index contributed by atoms with van der Waals surface area (Å²) in [5, 5.41) is 2.70. The molecule has 0 fully saturated rings. The molecule has 0 atom stereocenters. The standard InChI is InChI=1S/C15H13BrN2O2/c1-9-6-7-10(12(16)8-9)15(20)18-13-5-3-2-4-11(13)14(17)19/h2-8H,1H3,(H2,17,19)(H,18,20). The first-order valence-corrected chi connectivity index (χ1v) is 6.74. The highest BCUT2D eigenvalue weighted by molar-refractivity contribution is 9.10. The van der Waals surface area contributed by atoms with Gasteiger partial charge in [-0.3, -0.25) is 9.59 Å². The predicted octanol–water partition coefficient (Wildman–Crippen LogP) is 3.11. The lowest BCUT2D eigenvalue weighted by molar-refractivity contribution is 0.100. The Kier molecular flexibility index (Phi) is 4.20. The molecule has 0 aromatic heterocycles. The molecule has 0 radical (unpaired) electrons. The zero-order chi connectivity index (χ0) is 14.7. The largest absolute Gasteiger partial charge is 0.366 e. The molecule has 0 saturated heterocycles. The lowest BCUT2D eigenvalue weighted by Gasteiger charge is -2.10. The number of hydrogen-bond donors (Lipinski definition) is 2. The van der Waals surface area contributed by atoms with Gasteiger partial charge in [-0.1, -0.05) is 18.2 Å². The minimum Gasteiger partial charge on any atom is -0.366 e. The van der Waals surface area contributed by atoms with Crippen molar-refractivity contribution in [3.05, 3.63) is 63.6 Å². The van der Waals surface area contributed by atoms with E-state index in [9.17, 15) is 9.59 Å². The van der Waals surface area contributed by atoms with Crippen LogP contribution in [-0.4, -0.2) is 11.8 Å². The molecule has 0 aliphatic rings. The number of amides is 2. The molecular weight excluding hydrogens is 320 g/mol. The van der Waals surface area contributed by atoms with Crippen LogP contribution in [0.5, 0.6) is 0 Å². The van der Waals surface area contributed by atoms with Crippen molar-refractivity contribution in [2.24, 2.45) is 5.73 Å². The van der Waals surface area contributed by atoms with E-state index in [1.165, 1.54) is 0 Å². The number of primary amides is 1. The highest BCUT2D eigenvalue weighted by atomic mass is 79.9. The van der Waals surface area contributed by atoms with E-state index in [-0.39, 0.29) is 11.5 Å². The second-order valence-electron chi connectivity index (χ2n) is 4.35. The van der Waals surface area contributed by atoms with E-state index in [1.54, 1.807) is 30.3 Å². The van der Waals surface area contributed by atoms with Crippen molar-refractivity contribution < 1.29 is 9.59 Å².